The van der Waals surface area contributed by atoms with Gasteiger partial charge in [-0.05, 0) is 46.7 Å². The Morgan fingerprint density at radius 1 is 1.56 bits per heavy atom. The van der Waals surface area contributed by atoms with Crippen molar-refractivity contribution in [1.29, 1.82) is 0 Å². The van der Waals surface area contributed by atoms with Crippen molar-refractivity contribution in [3.8, 4) is 0 Å². The fourth-order valence-electron chi connectivity index (χ4n) is 1.81. The average Bonchev–Trinajstić information content (AvgIpc) is 2.63. The zero-order chi connectivity index (χ0) is 11.7. The summed E-state index contributed by atoms with van der Waals surface area (Å²) >= 11 is 11.6. The van der Waals surface area contributed by atoms with Crippen molar-refractivity contribution in [3.05, 3.63) is 26.8 Å². The molecule has 16 heavy (non-hydrogen) atoms. The molecule has 1 heterocycles. The number of benzene rings is 1. The molecule has 0 aromatic heterocycles. The van der Waals surface area contributed by atoms with Gasteiger partial charge in [0.1, 0.15) is 0 Å². The number of hydrogen-bond acceptors (Lipinski definition) is 1. The maximum atomic E-state index is 11.9. The van der Waals surface area contributed by atoms with Crippen molar-refractivity contribution in [2.75, 3.05) is 16.8 Å². The van der Waals surface area contributed by atoms with Crippen LogP contribution in [0.1, 0.15) is 6.42 Å². The van der Waals surface area contributed by atoms with Gasteiger partial charge in [-0.2, -0.15) is 0 Å². The Labute approximate surface area is 122 Å². The van der Waals surface area contributed by atoms with E-state index in [-0.39, 0.29) is 5.91 Å². The van der Waals surface area contributed by atoms with Gasteiger partial charge in [0, 0.05) is 26.9 Å². The number of anilines is 1. The topological polar surface area (TPSA) is 20.3 Å². The third-order valence-electron chi connectivity index (χ3n) is 2.62. The van der Waals surface area contributed by atoms with Gasteiger partial charge in [-0.3, -0.25) is 4.79 Å². The molecule has 2 nitrogen and oxygen atoms in total. The second kappa shape index (κ2) is 5.23. The van der Waals surface area contributed by atoms with Gasteiger partial charge in [0.05, 0.1) is 5.69 Å². The Hall–Kier alpha value is 0.190. The lowest BCUT2D eigenvalue weighted by Crippen LogP contribution is -2.25. The average molecular weight is 414 g/mol. The monoisotopic (exact) mass is 413 g/mol. The molecule has 86 valence electrons. The molecule has 5 heteroatoms. The summed E-state index contributed by atoms with van der Waals surface area (Å²) in [5.41, 5.74) is 0.932. The van der Waals surface area contributed by atoms with Crippen molar-refractivity contribution >= 4 is 61.7 Å². The normalized spacial score (nSPS) is 20.6. The van der Waals surface area contributed by atoms with Crippen LogP contribution in [0.4, 0.5) is 5.69 Å². The summed E-state index contributed by atoms with van der Waals surface area (Å²) in [6.45, 7) is 0.778. The number of hydrogen-bond donors (Lipinski definition) is 0. The second-order valence-corrected chi connectivity index (χ2v) is 6.07. The molecule has 1 amide bonds. The van der Waals surface area contributed by atoms with Gasteiger partial charge in [0.2, 0.25) is 5.91 Å². The quantitative estimate of drug-likeness (QED) is 0.534. The van der Waals surface area contributed by atoms with Crippen LogP contribution < -0.4 is 4.90 Å². The Morgan fingerprint density at radius 2 is 2.31 bits per heavy atom. The van der Waals surface area contributed by atoms with E-state index < -0.39 is 0 Å². The summed E-state index contributed by atoms with van der Waals surface area (Å²) in [6.07, 6.45) is 0.619. The van der Waals surface area contributed by atoms with Gasteiger partial charge in [-0.15, -0.1) is 0 Å². The molecule has 0 N–H and O–H groups in total. The highest BCUT2D eigenvalue weighted by Crippen LogP contribution is 2.31. The van der Waals surface area contributed by atoms with E-state index in [4.69, 9.17) is 11.6 Å². The van der Waals surface area contributed by atoms with Crippen molar-refractivity contribution < 1.29 is 4.79 Å². The van der Waals surface area contributed by atoms with Gasteiger partial charge >= 0.3 is 0 Å². The molecule has 0 aliphatic carbocycles. The molecule has 1 aliphatic rings. The van der Waals surface area contributed by atoms with Gasteiger partial charge in [0.25, 0.3) is 0 Å². The van der Waals surface area contributed by atoms with E-state index in [0.29, 0.717) is 17.4 Å². The van der Waals surface area contributed by atoms with Crippen LogP contribution in [0.25, 0.3) is 0 Å². The van der Waals surface area contributed by atoms with Crippen molar-refractivity contribution in [2.45, 2.75) is 6.42 Å². The Bertz CT molecular complexity index is 426. The van der Waals surface area contributed by atoms with Gasteiger partial charge < -0.3 is 4.90 Å². The lowest BCUT2D eigenvalue weighted by Gasteiger charge is -2.18. The number of alkyl halides is 1. The second-order valence-electron chi connectivity index (χ2n) is 3.82. The first kappa shape index (κ1) is 12.6. The van der Waals surface area contributed by atoms with E-state index in [9.17, 15) is 4.79 Å². The molecule has 1 unspecified atom stereocenters. The first-order valence-electron chi connectivity index (χ1n) is 4.93. The number of carbonyl (C=O) groups is 1. The molecule has 0 spiro atoms. The fourth-order valence-corrected chi connectivity index (χ4v) is 3.04. The predicted molar refractivity (Wildman–Crippen MR) is 78.4 cm³/mol. The molecule has 1 aliphatic heterocycles. The van der Waals surface area contributed by atoms with Crippen molar-refractivity contribution in [3.63, 3.8) is 0 Å². The van der Waals surface area contributed by atoms with E-state index >= 15 is 0 Å². The SMILES string of the molecule is O=C1CC(CBr)CN1c1cc(Cl)ccc1I. The van der Waals surface area contributed by atoms with Gasteiger partial charge in [-0.1, -0.05) is 27.5 Å². The largest absolute Gasteiger partial charge is 0.311 e. The molecule has 1 fully saturated rings. The van der Waals surface area contributed by atoms with Crippen LogP contribution in [0.2, 0.25) is 5.02 Å². The number of nitrogens with zero attached hydrogens (tertiary/aromatic N) is 1. The van der Waals surface area contributed by atoms with Crippen LogP contribution in [0.3, 0.4) is 0 Å². The summed E-state index contributed by atoms with van der Waals surface area (Å²) in [4.78, 5) is 13.7. The summed E-state index contributed by atoms with van der Waals surface area (Å²) in [5.74, 6) is 0.590. The minimum absolute atomic E-state index is 0.185. The van der Waals surface area contributed by atoms with Crippen LogP contribution in [0.5, 0.6) is 0 Å². The standard InChI is InChI=1S/C11H10BrClINO/c12-5-7-3-11(16)15(6-7)10-4-8(13)1-2-9(10)14/h1-2,4,7H,3,5-6H2. The van der Waals surface area contributed by atoms with E-state index in [0.717, 1.165) is 21.1 Å². The van der Waals surface area contributed by atoms with E-state index in [1.54, 1.807) is 0 Å². The molecule has 0 bridgehead atoms. The minimum atomic E-state index is 0.185. The summed E-state index contributed by atoms with van der Waals surface area (Å²) in [7, 11) is 0. The molecular weight excluding hydrogens is 404 g/mol. The summed E-state index contributed by atoms with van der Waals surface area (Å²) in [6, 6.07) is 5.64. The van der Waals surface area contributed by atoms with Crippen LogP contribution in [0, 0.1) is 9.49 Å². The van der Waals surface area contributed by atoms with Crippen LogP contribution in [-0.2, 0) is 4.79 Å². The highest BCUT2D eigenvalue weighted by Gasteiger charge is 2.30. The Balaban J connectivity index is 2.30. The third kappa shape index (κ3) is 2.54. The maximum absolute atomic E-state index is 11.9. The fraction of sp³-hybridized carbons (Fsp3) is 0.364. The predicted octanol–water partition coefficient (Wildman–Crippen LogP) is 3.69. The first-order chi connectivity index (χ1) is 7.61. The third-order valence-corrected chi connectivity index (χ3v) is 4.69. The molecule has 0 radical (unpaired) electrons. The summed E-state index contributed by atoms with van der Waals surface area (Å²) in [5, 5.41) is 1.54. The van der Waals surface area contributed by atoms with Gasteiger partial charge in [0.15, 0.2) is 0 Å². The van der Waals surface area contributed by atoms with Crippen molar-refractivity contribution in [2.24, 2.45) is 5.92 Å². The van der Waals surface area contributed by atoms with Crippen molar-refractivity contribution in [1.82, 2.24) is 0 Å². The van der Waals surface area contributed by atoms with Gasteiger partial charge in [-0.25, -0.2) is 0 Å². The Kier molecular flexibility index (Phi) is 4.13. The van der Waals surface area contributed by atoms with E-state index in [2.05, 4.69) is 38.5 Å². The van der Waals surface area contributed by atoms with Crippen LogP contribution in [0.15, 0.2) is 18.2 Å². The molecule has 0 saturated carbocycles. The minimum Gasteiger partial charge on any atom is -0.311 e. The van der Waals surface area contributed by atoms with E-state index in [1.807, 2.05) is 23.1 Å². The first-order valence-corrected chi connectivity index (χ1v) is 7.51. The maximum Gasteiger partial charge on any atom is 0.227 e. The number of rotatable bonds is 2. The highest BCUT2D eigenvalue weighted by molar-refractivity contribution is 14.1. The molecule has 2 rings (SSSR count). The molecule has 1 saturated heterocycles. The lowest BCUT2D eigenvalue weighted by atomic mass is 10.2. The van der Waals surface area contributed by atoms with E-state index in [1.165, 1.54) is 0 Å². The molecular formula is C11H10BrClINO. The zero-order valence-corrected chi connectivity index (χ0v) is 12.9. The zero-order valence-electron chi connectivity index (χ0n) is 8.42. The number of amides is 1. The number of halogens is 3. The van der Waals surface area contributed by atoms with Crippen LogP contribution in [-0.4, -0.2) is 17.8 Å². The van der Waals surface area contributed by atoms with Crippen LogP contribution >= 0.6 is 50.1 Å². The summed E-state index contributed by atoms with van der Waals surface area (Å²) < 4.78 is 1.06. The molecule has 1 aromatic carbocycles. The highest BCUT2D eigenvalue weighted by atomic mass is 127. The smallest absolute Gasteiger partial charge is 0.227 e. The number of carbonyl (C=O) groups excluding carboxylic acids is 1. The molecule has 1 atom stereocenters. The Morgan fingerprint density at radius 3 is 2.94 bits per heavy atom. The molecule has 1 aromatic rings. The lowest BCUT2D eigenvalue weighted by molar-refractivity contribution is -0.117.